The van der Waals surface area contributed by atoms with Crippen LogP contribution in [-0.2, 0) is 11.2 Å². The van der Waals surface area contributed by atoms with E-state index in [9.17, 15) is 15.0 Å². The average Bonchev–Trinajstić information content (AvgIpc) is 3.17. The molecule has 150 valence electrons. The van der Waals surface area contributed by atoms with E-state index in [1.165, 1.54) is 0 Å². The van der Waals surface area contributed by atoms with Gasteiger partial charge in [0.2, 0.25) is 0 Å². The summed E-state index contributed by atoms with van der Waals surface area (Å²) in [5.74, 6) is 5.67. The fourth-order valence-corrected chi connectivity index (χ4v) is 4.22. The molecule has 3 rings (SSSR count). The summed E-state index contributed by atoms with van der Waals surface area (Å²) in [4.78, 5) is 10.9. The minimum Gasteiger partial charge on any atom is -0.489 e. The SMILES string of the molecule is CC#CC[C@H](C)[C@H](O)/C=C/[C@@H]1[C@H]2c3cccc(CCC(=O)O)c3O[C@H]2C[C@H]1O. The molecule has 1 aromatic carbocycles. The van der Waals surface area contributed by atoms with Crippen LogP contribution < -0.4 is 4.74 Å². The number of aliphatic hydroxyl groups excluding tert-OH is 2. The number of hydrogen-bond donors (Lipinski definition) is 3. The lowest BCUT2D eigenvalue weighted by molar-refractivity contribution is -0.136. The van der Waals surface area contributed by atoms with Crippen LogP contribution in [0.3, 0.4) is 0 Å². The highest BCUT2D eigenvalue weighted by Gasteiger charge is 2.48. The number of aliphatic hydroxyl groups is 2. The molecule has 28 heavy (non-hydrogen) atoms. The molecule has 0 aromatic heterocycles. The topological polar surface area (TPSA) is 87.0 Å². The van der Waals surface area contributed by atoms with Crippen molar-refractivity contribution in [1.29, 1.82) is 0 Å². The van der Waals surface area contributed by atoms with Gasteiger partial charge in [0.05, 0.1) is 12.2 Å². The molecule has 0 radical (unpaired) electrons. The van der Waals surface area contributed by atoms with Crippen molar-refractivity contribution in [1.82, 2.24) is 0 Å². The molecule has 1 aliphatic heterocycles. The van der Waals surface area contributed by atoms with Gasteiger partial charge >= 0.3 is 5.97 Å². The van der Waals surface area contributed by atoms with E-state index >= 15 is 0 Å². The first kappa shape index (κ1) is 20.4. The highest BCUT2D eigenvalue weighted by atomic mass is 16.5. The van der Waals surface area contributed by atoms with Gasteiger partial charge < -0.3 is 20.1 Å². The van der Waals surface area contributed by atoms with Crippen molar-refractivity contribution in [3.05, 3.63) is 41.5 Å². The van der Waals surface area contributed by atoms with Crippen molar-refractivity contribution in [3.8, 4) is 17.6 Å². The smallest absolute Gasteiger partial charge is 0.303 e. The first-order valence-corrected chi connectivity index (χ1v) is 9.86. The van der Waals surface area contributed by atoms with Crippen molar-refractivity contribution in [3.63, 3.8) is 0 Å². The molecule has 3 N–H and O–H groups in total. The Balaban J connectivity index is 1.78. The van der Waals surface area contributed by atoms with Gasteiger partial charge in [-0.1, -0.05) is 37.3 Å². The van der Waals surface area contributed by atoms with E-state index in [0.29, 0.717) is 19.3 Å². The number of aliphatic carboxylic acids is 1. The van der Waals surface area contributed by atoms with Gasteiger partial charge in [0.1, 0.15) is 11.9 Å². The van der Waals surface area contributed by atoms with Crippen LogP contribution in [0, 0.1) is 23.7 Å². The van der Waals surface area contributed by atoms with Crippen LogP contribution in [-0.4, -0.2) is 39.6 Å². The quantitative estimate of drug-likeness (QED) is 0.497. The number of rotatable bonds is 7. The average molecular weight is 384 g/mol. The second kappa shape index (κ2) is 8.81. The van der Waals surface area contributed by atoms with Crippen molar-refractivity contribution in [2.24, 2.45) is 11.8 Å². The highest BCUT2D eigenvalue weighted by molar-refractivity contribution is 5.67. The zero-order chi connectivity index (χ0) is 20.3. The van der Waals surface area contributed by atoms with E-state index in [2.05, 4.69) is 11.8 Å². The molecule has 0 saturated heterocycles. The number of ether oxygens (including phenoxy) is 1. The van der Waals surface area contributed by atoms with E-state index in [4.69, 9.17) is 9.84 Å². The van der Waals surface area contributed by atoms with Crippen LogP contribution >= 0.6 is 0 Å². The minimum atomic E-state index is -0.831. The van der Waals surface area contributed by atoms with E-state index in [1.807, 2.05) is 31.2 Å². The molecule has 0 amide bonds. The summed E-state index contributed by atoms with van der Waals surface area (Å²) in [7, 11) is 0. The van der Waals surface area contributed by atoms with E-state index in [1.54, 1.807) is 13.0 Å². The molecule has 1 fully saturated rings. The van der Waals surface area contributed by atoms with Crippen LogP contribution in [0.15, 0.2) is 30.4 Å². The van der Waals surface area contributed by atoms with Crippen molar-refractivity contribution in [2.45, 2.75) is 63.8 Å². The van der Waals surface area contributed by atoms with Crippen LogP contribution in [0.1, 0.15) is 50.2 Å². The first-order chi connectivity index (χ1) is 13.4. The van der Waals surface area contributed by atoms with Gasteiger partial charge in [0, 0.05) is 36.7 Å². The number of para-hydroxylation sites is 1. The van der Waals surface area contributed by atoms with Crippen molar-refractivity contribution < 1.29 is 24.9 Å². The van der Waals surface area contributed by atoms with Gasteiger partial charge in [0.15, 0.2) is 0 Å². The third-order valence-electron chi connectivity index (χ3n) is 5.81. The number of fused-ring (bicyclic) bond motifs is 3. The molecule has 1 aliphatic carbocycles. The summed E-state index contributed by atoms with van der Waals surface area (Å²) in [6.07, 6.45) is 4.06. The number of carboxylic acids is 1. The predicted octanol–water partition coefficient (Wildman–Crippen LogP) is 2.90. The van der Waals surface area contributed by atoms with Crippen LogP contribution in [0.5, 0.6) is 5.75 Å². The van der Waals surface area contributed by atoms with E-state index < -0.39 is 18.2 Å². The zero-order valence-corrected chi connectivity index (χ0v) is 16.3. The second-order valence-electron chi connectivity index (χ2n) is 7.78. The first-order valence-electron chi connectivity index (χ1n) is 9.86. The maximum absolute atomic E-state index is 10.9. The fourth-order valence-electron chi connectivity index (χ4n) is 4.22. The summed E-state index contributed by atoms with van der Waals surface area (Å²) in [5, 5.41) is 29.9. The Labute approximate surface area is 166 Å². The molecule has 6 atom stereocenters. The maximum Gasteiger partial charge on any atom is 0.303 e. The lowest BCUT2D eigenvalue weighted by Crippen LogP contribution is -2.19. The summed E-state index contributed by atoms with van der Waals surface area (Å²) in [6.45, 7) is 3.74. The molecule has 2 aliphatic rings. The molecular weight excluding hydrogens is 356 g/mol. The van der Waals surface area contributed by atoms with Gasteiger partial charge in [-0.15, -0.1) is 11.8 Å². The normalized spacial score (nSPS) is 27.4. The van der Waals surface area contributed by atoms with Gasteiger partial charge in [-0.3, -0.25) is 4.79 Å². The van der Waals surface area contributed by atoms with E-state index in [-0.39, 0.29) is 30.3 Å². The Hall–Kier alpha value is -2.29. The molecular formula is C23H28O5. The molecule has 1 heterocycles. The lowest BCUT2D eigenvalue weighted by atomic mass is 9.86. The molecule has 0 spiro atoms. The van der Waals surface area contributed by atoms with Gasteiger partial charge in [-0.25, -0.2) is 0 Å². The highest BCUT2D eigenvalue weighted by Crippen LogP contribution is 2.52. The Morgan fingerprint density at radius 3 is 2.93 bits per heavy atom. The molecule has 0 unspecified atom stereocenters. The summed E-state index contributed by atoms with van der Waals surface area (Å²) >= 11 is 0. The Kier molecular flexibility index (Phi) is 6.43. The second-order valence-corrected chi connectivity index (χ2v) is 7.78. The van der Waals surface area contributed by atoms with Gasteiger partial charge in [-0.05, 0) is 24.8 Å². The van der Waals surface area contributed by atoms with Crippen LogP contribution in [0.25, 0.3) is 0 Å². The Bertz CT molecular complexity index is 803. The van der Waals surface area contributed by atoms with Crippen LogP contribution in [0.2, 0.25) is 0 Å². The lowest BCUT2D eigenvalue weighted by Gasteiger charge is -2.19. The largest absolute Gasteiger partial charge is 0.489 e. The maximum atomic E-state index is 10.9. The zero-order valence-electron chi connectivity index (χ0n) is 16.3. The number of hydrogen-bond acceptors (Lipinski definition) is 4. The summed E-state index contributed by atoms with van der Waals surface area (Å²) < 4.78 is 6.13. The molecule has 5 heteroatoms. The third-order valence-corrected chi connectivity index (χ3v) is 5.81. The molecule has 0 bridgehead atoms. The molecule has 1 saturated carbocycles. The number of carbonyl (C=O) groups is 1. The number of carboxylic acid groups (broad SMARTS) is 1. The van der Waals surface area contributed by atoms with Crippen molar-refractivity contribution in [2.75, 3.05) is 0 Å². The summed E-state index contributed by atoms with van der Waals surface area (Å²) in [5.41, 5.74) is 1.93. The fraction of sp³-hybridized carbons (Fsp3) is 0.522. The predicted molar refractivity (Wildman–Crippen MR) is 106 cm³/mol. The third kappa shape index (κ3) is 4.24. The van der Waals surface area contributed by atoms with Gasteiger partial charge in [-0.2, -0.15) is 0 Å². The van der Waals surface area contributed by atoms with Crippen LogP contribution in [0.4, 0.5) is 0 Å². The van der Waals surface area contributed by atoms with E-state index in [0.717, 1.165) is 16.9 Å². The Morgan fingerprint density at radius 2 is 2.21 bits per heavy atom. The number of benzene rings is 1. The molecule has 1 aromatic rings. The number of aryl methyl sites for hydroxylation is 1. The Morgan fingerprint density at radius 1 is 1.43 bits per heavy atom. The van der Waals surface area contributed by atoms with Crippen molar-refractivity contribution >= 4 is 5.97 Å². The molecule has 5 nitrogen and oxygen atoms in total. The van der Waals surface area contributed by atoms with Gasteiger partial charge in [0.25, 0.3) is 0 Å². The minimum absolute atomic E-state index is 0.0176. The monoisotopic (exact) mass is 384 g/mol. The summed E-state index contributed by atoms with van der Waals surface area (Å²) in [6, 6.07) is 5.83. The standard InChI is InChI=1S/C23H28O5/c1-3-4-6-14(2)18(24)11-10-16-19(25)13-20-22(16)17-8-5-7-15(23(17)28-20)9-12-21(26)27/h5,7-8,10-11,14,16,18-20,22,24-25H,6,9,12-13H2,1-2H3,(H,26,27)/b11-10+/t14-,16-,18+,19+,20-,22-/m0/s1.